The number of carboxylic acid groups (broad SMARTS) is 4. The van der Waals surface area contributed by atoms with E-state index < -0.39 is 23.9 Å². The van der Waals surface area contributed by atoms with Gasteiger partial charge in [0, 0.05) is 30.3 Å². The molecule has 10 heteroatoms. The minimum atomic E-state index is -1.08. The molecule has 0 unspecified atom stereocenters. The predicted molar refractivity (Wildman–Crippen MR) is 63.2 cm³/mol. The van der Waals surface area contributed by atoms with Crippen molar-refractivity contribution in [1.29, 1.82) is 5.26 Å². The van der Waals surface area contributed by atoms with E-state index in [1.807, 2.05) is 13.0 Å². The first-order valence-corrected chi connectivity index (χ1v) is 5.42. The maximum Gasteiger partial charge on any atom is 4.00 e. The van der Waals surface area contributed by atoms with Gasteiger partial charge in [-0.15, -0.1) is 0 Å². The molecule has 0 radical (unpaired) electrons. The van der Waals surface area contributed by atoms with Crippen LogP contribution in [0.2, 0.25) is 0 Å². The van der Waals surface area contributed by atoms with Crippen molar-refractivity contribution in [1.82, 2.24) is 0 Å². The first-order valence-electron chi connectivity index (χ1n) is 5.42. The molecule has 0 bridgehead atoms. The van der Waals surface area contributed by atoms with Crippen molar-refractivity contribution >= 4 is 23.9 Å². The van der Waals surface area contributed by atoms with Crippen molar-refractivity contribution in [3.63, 3.8) is 0 Å². The van der Waals surface area contributed by atoms with E-state index in [0.717, 1.165) is 34.1 Å². The Balaban J connectivity index is -0.0000000361. The fraction of sp³-hybridized carbons (Fsp3) is 0.583. The monoisotopic (exact) mass is 395 g/mol. The fourth-order valence-electron chi connectivity index (χ4n) is 0.112. The third kappa shape index (κ3) is 84800. The summed E-state index contributed by atoms with van der Waals surface area (Å²) in [7, 11) is 0. The Morgan fingerprint density at radius 1 is 0.773 bits per heavy atom. The SMILES string of the molecule is CC(=O)[O-].CC(=O)[O-].CC(=O)[O-].CC(=O)[O-].CCCC#N.[Zr+4]. The normalized spacial score (nSPS) is 6.00. The maximum atomic E-state index is 8.89. The molecular weight excluding hydrogens is 377 g/mol. The van der Waals surface area contributed by atoms with Crippen LogP contribution in [0, 0.1) is 11.3 Å². The van der Waals surface area contributed by atoms with Crippen LogP contribution in [-0.2, 0) is 45.4 Å². The van der Waals surface area contributed by atoms with Crippen LogP contribution in [0.25, 0.3) is 0 Å². The maximum absolute atomic E-state index is 8.89. The predicted octanol–water partition coefficient (Wildman–Crippen LogP) is -3.67. The van der Waals surface area contributed by atoms with E-state index in [1.54, 1.807) is 0 Å². The number of nitrogens with zero attached hydrogens (tertiary/aromatic N) is 1. The summed E-state index contributed by atoms with van der Waals surface area (Å²) < 4.78 is 0. The Morgan fingerprint density at radius 3 is 0.909 bits per heavy atom. The van der Waals surface area contributed by atoms with Gasteiger partial charge < -0.3 is 39.6 Å². The molecule has 0 saturated heterocycles. The summed E-state index contributed by atoms with van der Waals surface area (Å²) in [6.07, 6.45) is 1.68. The van der Waals surface area contributed by atoms with Crippen LogP contribution in [0.3, 0.4) is 0 Å². The molecule has 0 aliphatic heterocycles. The average molecular weight is 397 g/mol. The van der Waals surface area contributed by atoms with Gasteiger partial charge in [0.1, 0.15) is 0 Å². The van der Waals surface area contributed by atoms with Crippen molar-refractivity contribution in [2.45, 2.75) is 47.5 Å². The van der Waals surface area contributed by atoms with Gasteiger partial charge in [-0.3, -0.25) is 0 Å². The molecule has 0 aromatic heterocycles. The van der Waals surface area contributed by atoms with E-state index in [1.165, 1.54) is 0 Å². The molecule has 0 rings (SSSR count). The number of nitriles is 1. The van der Waals surface area contributed by atoms with Gasteiger partial charge in [0.15, 0.2) is 0 Å². The van der Waals surface area contributed by atoms with Crippen LogP contribution in [0.5, 0.6) is 0 Å². The van der Waals surface area contributed by atoms with E-state index in [2.05, 4.69) is 0 Å². The fourth-order valence-corrected chi connectivity index (χ4v) is 0.112. The van der Waals surface area contributed by atoms with Crippen LogP contribution in [0.4, 0.5) is 0 Å². The van der Waals surface area contributed by atoms with Crippen LogP contribution >= 0.6 is 0 Å². The molecule has 0 aliphatic carbocycles. The van der Waals surface area contributed by atoms with Gasteiger partial charge in [-0.1, -0.05) is 6.92 Å². The molecule has 0 fully saturated rings. The van der Waals surface area contributed by atoms with Crippen LogP contribution < -0.4 is 20.4 Å². The van der Waals surface area contributed by atoms with E-state index in [4.69, 9.17) is 44.9 Å². The van der Waals surface area contributed by atoms with Crippen molar-refractivity contribution < 1.29 is 65.8 Å². The van der Waals surface area contributed by atoms with Gasteiger partial charge in [-0.2, -0.15) is 5.26 Å². The van der Waals surface area contributed by atoms with Gasteiger partial charge >= 0.3 is 26.2 Å². The van der Waals surface area contributed by atoms with E-state index in [0.29, 0.717) is 6.42 Å². The van der Waals surface area contributed by atoms with Crippen molar-refractivity contribution in [3.05, 3.63) is 0 Å². The van der Waals surface area contributed by atoms with Crippen LogP contribution in [0.1, 0.15) is 47.5 Å². The smallest absolute Gasteiger partial charge is 0.550 e. The molecule has 0 aliphatic rings. The molecule has 0 amide bonds. The second-order valence-electron chi connectivity index (χ2n) is 2.87. The van der Waals surface area contributed by atoms with Crippen LogP contribution in [-0.4, -0.2) is 23.9 Å². The third-order valence-corrected chi connectivity index (χ3v) is 0.362. The second-order valence-corrected chi connectivity index (χ2v) is 2.87. The Labute approximate surface area is 148 Å². The number of hydrogen-bond acceptors (Lipinski definition) is 9. The molecule has 0 atom stereocenters. The number of carboxylic acids is 4. The molecule has 9 nitrogen and oxygen atoms in total. The van der Waals surface area contributed by atoms with Gasteiger partial charge in [0.05, 0.1) is 6.07 Å². The summed E-state index contributed by atoms with van der Waals surface area (Å²) in [4.78, 5) is 35.6. The number of rotatable bonds is 1. The molecule has 22 heavy (non-hydrogen) atoms. The first kappa shape index (κ1) is 37.0. The molecule has 0 spiro atoms. The zero-order valence-electron chi connectivity index (χ0n) is 13.1. The van der Waals surface area contributed by atoms with Crippen LogP contribution in [0.15, 0.2) is 0 Å². The van der Waals surface area contributed by atoms with E-state index >= 15 is 0 Å². The third-order valence-electron chi connectivity index (χ3n) is 0.362. The quantitative estimate of drug-likeness (QED) is 0.430. The Kier molecular flexibility index (Phi) is 61.3. The zero-order valence-corrected chi connectivity index (χ0v) is 15.6. The summed E-state index contributed by atoms with van der Waals surface area (Å²) in [6.45, 7) is 5.88. The number of carbonyl (C=O) groups is 4. The molecule has 124 valence electrons. The summed E-state index contributed by atoms with van der Waals surface area (Å²) in [6, 6.07) is 2.02. The first-order chi connectivity index (χ1) is 9.34. The molecular formula is C12H19NO8Zr. The summed E-state index contributed by atoms with van der Waals surface area (Å²) in [5.74, 6) is -4.33. The largest absolute Gasteiger partial charge is 4.00 e. The number of aliphatic carboxylic acids is 4. The molecule has 0 aromatic rings. The number of carbonyl (C=O) groups excluding carboxylic acids is 4. The number of unbranched alkanes of at least 4 members (excludes halogenated alkanes) is 1. The molecule has 0 aromatic carbocycles. The second kappa shape index (κ2) is 36.5. The summed E-state index contributed by atoms with van der Waals surface area (Å²) >= 11 is 0. The Bertz CT molecular complexity index is 262. The van der Waals surface area contributed by atoms with Gasteiger partial charge in [0.2, 0.25) is 0 Å². The molecule has 0 heterocycles. The standard InChI is InChI=1S/C4H7N.4C2H4O2.Zr/c1-2-3-4-5;4*1-2(3)4;/h2-3H2,1H3;4*1H3,(H,3,4);/q;;;;;+4/p-4. The topological polar surface area (TPSA) is 184 Å². The molecule has 0 saturated carbocycles. The van der Waals surface area contributed by atoms with Gasteiger partial charge in [0.25, 0.3) is 0 Å². The number of hydrogen-bond donors (Lipinski definition) is 0. The van der Waals surface area contributed by atoms with Crippen molar-refractivity contribution in [2.24, 2.45) is 0 Å². The van der Waals surface area contributed by atoms with E-state index in [-0.39, 0.29) is 26.2 Å². The average Bonchev–Trinajstić information content (AvgIpc) is 2.14. The van der Waals surface area contributed by atoms with Gasteiger partial charge in [-0.25, -0.2) is 0 Å². The van der Waals surface area contributed by atoms with Crippen molar-refractivity contribution in [2.75, 3.05) is 0 Å². The Morgan fingerprint density at radius 2 is 0.909 bits per heavy atom. The summed E-state index contributed by atoms with van der Waals surface area (Å²) in [5.41, 5.74) is 0. The minimum absolute atomic E-state index is 0. The summed E-state index contributed by atoms with van der Waals surface area (Å²) in [5, 5.41) is 43.4. The van der Waals surface area contributed by atoms with Crippen molar-refractivity contribution in [3.8, 4) is 6.07 Å². The minimum Gasteiger partial charge on any atom is -0.550 e. The van der Waals surface area contributed by atoms with E-state index in [9.17, 15) is 0 Å². The molecule has 0 N–H and O–H groups in total. The Hall–Kier alpha value is -1.75. The zero-order chi connectivity index (χ0) is 18.4. The van der Waals surface area contributed by atoms with Gasteiger partial charge in [-0.05, 0) is 34.1 Å².